The molecule has 0 saturated heterocycles. The first-order chi connectivity index (χ1) is 5.08. The highest BCUT2D eigenvalue weighted by Gasteiger charge is 2.06. The molecule has 0 radical (unpaired) electrons. The van der Waals surface area contributed by atoms with E-state index < -0.39 is 0 Å². The Labute approximate surface area is 69.3 Å². The minimum atomic E-state index is 0.310. The van der Waals surface area contributed by atoms with E-state index >= 15 is 0 Å². The number of rotatable bonds is 0. The highest BCUT2D eigenvalue weighted by Crippen LogP contribution is 2.21. The van der Waals surface area contributed by atoms with Crippen molar-refractivity contribution in [2.45, 2.75) is 27.2 Å². The maximum Gasteiger partial charge on any atom is -0.00973 e. The van der Waals surface area contributed by atoms with Crippen molar-refractivity contribution in [2.75, 3.05) is 0 Å². The van der Waals surface area contributed by atoms with E-state index in [0.29, 0.717) is 5.41 Å². The van der Waals surface area contributed by atoms with Crippen LogP contribution in [0.2, 0.25) is 0 Å². The van der Waals surface area contributed by atoms with Gasteiger partial charge in [-0.15, -0.1) is 0 Å². The summed E-state index contributed by atoms with van der Waals surface area (Å²) in [6.07, 6.45) is 12.0. The molecule has 0 heteroatoms. The van der Waals surface area contributed by atoms with Gasteiger partial charge in [-0.25, -0.2) is 0 Å². The highest BCUT2D eigenvalue weighted by molar-refractivity contribution is 5.30. The van der Waals surface area contributed by atoms with E-state index in [1.54, 1.807) is 0 Å². The monoisotopic (exact) mass is 148 g/mol. The molecule has 1 aliphatic carbocycles. The lowest BCUT2D eigenvalue weighted by molar-refractivity contribution is 0.540. The maximum absolute atomic E-state index is 2.33. The predicted molar refractivity (Wildman–Crippen MR) is 50.4 cm³/mol. The summed E-state index contributed by atoms with van der Waals surface area (Å²) in [6.45, 7) is 6.68. The standard InChI is InChI=1S/C11H16/c1-11(2,3)9-10-7-5-4-6-8-10/h4-7,9H,8H2,1-3H3. The van der Waals surface area contributed by atoms with Crippen molar-refractivity contribution >= 4 is 0 Å². The van der Waals surface area contributed by atoms with Crippen LogP contribution in [0.25, 0.3) is 0 Å². The molecule has 0 aromatic rings. The molecule has 0 bridgehead atoms. The Morgan fingerprint density at radius 2 is 2.00 bits per heavy atom. The molecule has 60 valence electrons. The third-order valence-corrected chi connectivity index (χ3v) is 1.53. The molecule has 1 aliphatic rings. The smallest absolute Gasteiger partial charge is 0.00973 e. The van der Waals surface area contributed by atoms with Crippen LogP contribution in [0, 0.1) is 5.41 Å². The fourth-order valence-corrected chi connectivity index (χ4v) is 1.19. The van der Waals surface area contributed by atoms with E-state index in [4.69, 9.17) is 0 Å². The van der Waals surface area contributed by atoms with Crippen molar-refractivity contribution in [1.82, 2.24) is 0 Å². The van der Waals surface area contributed by atoms with Crippen molar-refractivity contribution in [3.05, 3.63) is 36.0 Å². The van der Waals surface area contributed by atoms with Crippen LogP contribution in [0.1, 0.15) is 27.2 Å². The highest BCUT2D eigenvalue weighted by atomic mass is 14.1. The van der Waals surface area contributed by atoms with E-state index in [1.807, 2.05) is 0 Å². The minimum Gasteiger partial charge on any atom is -0.0801 e. The largest absolute Gasteiger partial charge is 0.0801 e. The van der Waals surface area contributed by atoms with E-state index in [2.05, 4.69) is 51.2 Å². The summed E-state index contributed by atoms with van der Waals surface area (Å²) in [6, 6.07) is 0. The van der Waals surface area contributed by atoms with Crippen molar-refractivity contribution in [2.24, 2.45) is 5.41 Å². The predicted octanol–water partition coefficient (Wildman–Crippen LogP) is 3.48. The fraction of sp³-hybridized carbons (Fsp3) is 0.455. The van der Waals surface area contributed by atoms with Gasteiger partial charge in [0, 0.05) is 0 Å². The zero-order valence-electron chi connectivity index (χ0n) is 7.59. The van der Waals surface area contributed by atoms with Gasteiger partial charge in [0.2, 0.25) is 0 Å². The van der Waals surface area contributed by atoms with Crippen molar-refractivity contribution < 1.29 is 0 Å². The van der Waals surface area contributed by atoms with Crippen LogP contribution < -0.4 is 0 Å². The topological polar surface area (TPSA) is 0 Å². The van der Waals surface area contributed by atoms with Crippen LogP contribution in [0.15, 0.2) is 36.0 Å². The van der Waals surface area contributed by atoms with E-state index in [-0.39, 0.29) is 0 Å². The molecular weight excluding hydrogens is 132 g/mol. The van der Waals surface area contributed by atoms with E-state index in [0.717, 1.165) is 6.42 Å². The molecule has 0 fully saturated rings. The van der Waals surface area contributed by atoms with Crippen LogP contribution >= 0.6 is 0 Å². The quantitative estimate of drug-likeness (QED) is 0.493. The van der Waals surface area contributed by atoms with Crippen molar-refractivity contribution in [3.63, 3.8) is 0 Å². The van der Waals surface area contributed by atoms with Gasteiger partial charge in [0.25, 0.3) is 0 Å². The maximum atomic E-state index is 2.33. The Balaban J connectivity index is 2.69. The van der Waals surface area contributed by atoms with Crippen molar-refractivity contribution in [1.29, 1.82) is 0 Å². The lowest BCUT2D eigenvalue weighted by Gasteiger charge is -2.14. The first kappa shape index (κ1) is 8.32. The van der Waals surface area contributed by atoms with Crippen LogP contribution in [0.5, 0.6) is 0 Å². The van der Waals surface area contributed by atoms with Crippen LogP contribution in [0.3, 0.4) is 0 Å². The molecular formula is C11H16. The Hall–Kier alpha value is -0.780. The zero-order chi connectivity index (χ0) is 8.32. The second-order valence-electron chi connectivity index (χ2n) is 4.08. The molecule has 11 heavy (non-hydrogen) atoms. The van der Waals surface area contributed by atoms with Crippen LogP contribution in [-0.4, -0.2) is 0 Å². The summed E-state index contributed by atoms with van der Waals surface area (Å²) in [7, 11) is 0. The molecule has 0 aromatic carbocycles. The second-order valence-corrected chi connectivity index (χ2v) is 4.08. The lowest BCUT2D eigenvalue weighted by atomic mass is 9.91. The van der Waals surface area contributed by atoms with Crippen molar-refractivity contribution in [3.8, 4) is 0 Å². The Morgan fingerprint density at radius 3 is 2.45 bits per heavy atom. The number of hydrogen-bond acceptors (Lipinski definition) is 0. The molecule has 0 N–H and O–H groups in total. The Morgan fingerprint density at radius 1 is 1.27 bits per heavy atom. The molecule has 0 amide bonds. The van der Waals surface area contributed by atoms with Gasteiger partial charge in [0.15, 0.2) is 0 Å². The van der Waals surface area contributed by atoms with Gasteiger partial charge in [-0.3, -0.25) is 0 Å². The number of hydrogen-bond donors (Lipinski definition) is 0. The summed E-state index contributed by atoms with van der Waals surface area (Å²) in [5.74, 6) is 0. The molecule has 0 heterocycles. The molecule has 0 nitrogen and oxygen atoms in total. The molecule has 0 spiro atoms. The number of allylic oxidation sites excluding steroid dienone is 6. The molecule has 0 aromatic heterocycles. The van der Waals surface area contributed by atoms with Gasteiger partial charge < -0.3 is 0 Å². The summed E-state index contributed by atoms with van der Waals surface area (Å²) < 4.78 is 0. The summed E-state index contributed by atoms with van der Waals surface area (Å²) in [5.41, 5.74) is 1.74. The lowest BCUT2D eigenvalue weighted by Crippen LogP contribution is -2.00. The summed E-state index contributed by atoms with van der Waals surface area (Å²) in [5, 5.41) is 0. The van der Waals surface area contributed by atoms with Crippen LogP contribution in [0.4, 0.5) is 0 Å². The fourth-order valence-electron chi connectivity index (χ4n) is 1.19. The van der Waals surface area contributed by atoms with Gasteiger partial charge >= 0.3 is 0 Å². The second kappa shape index (κ2) is 3.08. The molecule has 0 saturated carbocycles. The minimum absolute atomic E-state index is 0.310. The summed E-state index contributed by atoms with van der Waals surface area (Å²) in [4.78, 5) is 0. The molecule has 0 aliphatic heterocycles. The first-order valence-electron chi connectivity index (χ1n) is 4.13. The Bertz CT molecular complexity index is 209. The molecule has 1 rings (SSSR count). The SMILES string of the molecule is CC(C)(C)C=C1C=CC=CC1. The molecule has 0 atom stereocenters. The van der Waals surface area contributed by atoms with Gasteiger partial charge in [-0.2, -0.15) is 0 Å². The third-order valence-electron chi connectivity index (χ3n) is 1.53. The Kier molecular flexibility index (Phi) is 2.33. The van der Waals surface area contributed by atoms with Crippen LogP contribution in [-0.2, 0) is 0 Å². The average molecular weight is 148 g/mol. The van der Waals surface area contributed by atoms with E-state index in [9.17, 15) is 0 Å². The van der Waals surface area contributed by atoms with Gasteiger partial charge in [0.05, 0.1) is 0 Å². The van der Waals surface area contributed by atoms with Gasteiger partial charge in [-0.05, 0) is 17.4 Å². The summed E-state index contributed by atoms with van der Waals surface area (Å²) >= 11 is 0. The third kappa shape index (κ3) is 3.22. The molecule has 0 unspecified atom stereocenters. The van der Waals surface area contributed by atoms with Gasteiger partial charge in [0.1, 0.15) is 0 Å². The zero-order valence-corrected chi connectivity index (χ0v) is 7.59. The van der Waals surface area contributed by atoms with Gasteiger partial charge in [-0.1, -0.05) is 51.2 Å². The average Bonchev–Trinajstić information content (AvgIpc) is 1.85. The first-order valence-corrected chi connectivity index (χ1v) is 4.13. The normalized spacial score (nSPS) is 21.2. The van der Waals surface area contributed by atoms with E-state index in [1.165, 1.54) is 5.57 Å².